The smallest absolute Gasteiger partial charge is 0.337 e. The Morgan fingerprint density at radius 1 is 1.33 bits per heavy atom. The van der Waals surface area contributed by atoms with E-state index in [2.05, 4.69) is 4.74 Å². The van der Waals surface area contributed by atoms with Crippen molar-refractivity contribution in [3.05, 3.63) is 35.9 Å². The van der Waals surface area contributed by atoms with Crippen LogP contribution in [0.5, 0.6) is 0 Å². The minimum absolute atomic E-state index is 0.178. The van der Waals surface area contributed by atoms with E-state index in [1.54, 1.807) is 13.8 Å². The molecular formula is C17H24O7. The topological polar surface area (TPSA) is 94.5 Å². The highest BCUT2D eigenvalue weighted by molar-refractivity contribution is 5.75. The molecule has 0 spiro atoms. The molecule has 0 unspecified atom stereocenters. The fourth-order valence-electron chi connectivity index (χ4n) is 2.51. The van der Waals surface area contributed by atoms with Crippen LogP contribution in [0.2, 0.25) is 0 Å². The summed E-state index contributed by atoms with van der Waals surface area (Å²) in [6, 6.07) is 9.36. The van der Waals surface area contributed by atoms with Crippen molar-refractivity contribution in [3.8, 4) is 0 Å². The van der Waals surface area contributed by atoms with Gasteiger partial charge in [0.25, 0.3) is 0 Å². The SMILES string of the molecule is COC(=O)[C@@H](O)[C@@H](O)[C@H](OCc1ccccc1)[C@@H]1COC(C)(C)O1. The van der Waals surface area contributed by atoms with Gasteiger partial charge in [-0.2, -0.15) is 0 Å². The van der Waals surface area contributed by atoms with Crippen molar-refractivity contribution in [2.24, 2.45) is 0 Å². The molecule has 1 aliphatic heterocycles. The van der Waals surface area contributed by atoms with E-state index < -0.39 is 36.2 Å². The summed E-state index contributed by atoms with van der Waals surface area (Å²) in [5.41, 5.74) is 0.889. The van der Waals surface area contributed by atoms with Gasteiger partial charge in [-0.1, -0.05) is 30.3 Å². The Labute approximate surface area is 141 Å². The van der Waals surface area contributed by atoms with Crippen molar-refractivity contribution in [3.63, 3.8) is 0 Å². The summed E-state index contributed by atoms with van der Waals surface area (Å²) in [5, 5.41) is 20.3. The van der Waals surface area contributed by atoms with Gasteiger partial charge >= 0.3 is 5.97 Å². The van der Waals surface area contributed by atoms with Crippen LogP contribution in [-0.2, 0) is 30.3 Å². The molecule has 0 amide bonds. The molecule has 0 radical (unpaired) electrons. The van der Waals surface area contributed by atoms with Crippen LogP contribution in [0.1, 0.15) is 19.4 Å². The van der Waals surface area contributed by atoms with Crippen molar-refractivity contribution in [2.45, 2.75) is 50.7 Å². The van der Waals surface area contributed by atoms with Crippen LogP contribution in [0.3, 0.4) is 0 Å². The fraction of sp³-hybridized carbons (Fsp3) is 0.588. The lowest BCUT2D eigenvalue weighted by Gasteiger charge is -2.30. The minimum atomic E-state index is -1.73. The van der Waals surface area contributed by atoms with Crippen LogP contribution in [0, 0.1) is 0 Å². The molecule has 1 aliphatic rings. The Hall–Kier alpha value is -1.51. The maximum absolute atomic E-state index is 11.5. The second-order valence-corrected chi connectivity index (χ2v) is 6.09. The summed E-state index contributed by atoms with van der Waals surface area (Å²) >= 11 is 0. The standard InChI is InChI=1S/C17H24O7/c1-17(2)23-10-12(24-17)15(13(18)14(19)16(20)21-3)22-9-11-7-5-4-6-8-11/h4-8,12-15,18-19H,9-10H2,1-3H3/t12-,13+,14-,15+/m0/s1. The molecule has 1 heterocycles. The van der Waals surface area contributed by atoms with Gasteiger partial charge in [0, 0.05) is 0 Å². The number of ether oxygens (including phenoxy) is 4. The molecule has 0 bridgehead atoms. The number of carbonyl (C=O) groups excluding carboxylic acids is 1. The average molecular weight is 340 g/mol. The average Bonchev–Trinajstić information content (AvgIpc) is 2.94. The predicted octanol–water partition coefficient (Wildman–Crippen LogP) is 0.618. The van der Waals surface area contributed by atoms with Crippen molar-refractivity contribution >= 4 is 5.97 Å². The number of carbonyl (C=O) groups is 1. The van der Waals surface area contributed by atoms with Crippen LogP contribution in [0.15, 0.2) is 30.3 Å². The molecule has 7 heteroatoms. The molecule has 0 saturated carbocycles. The largest absolute Gasteiger partial charge is 0.467 e. The maximum Gasteiger partial charge on any atom is 0.337 e. The van der Waals surface area contributed by atoms with Gasteiger partial charge in [-0.15, -0.1) is 0 Å². The second kappa shape index (κ2) is 8.04. The molecule has 2 rings (SSSR count). The highest BCUT2D eigenvalue weighted by atomic mass is 16.7. The molecule has 1 fully saturated rings. The summed E-state index contributed by atoms with van der Waals surface area (Å²) < 4.78 is 21.4. The van der Waals surface area contributed by atoms with E-state index in [1.807, 2.05) is 30.3 Å². The first-order valence-electron chi connectivity index (χ1n) is 7.75. The van der Waals surface area contributed by atoms with Crippen LogP contribution in [0.4, 0.5) is 0 Å². The molecular weight excluding hydrogens is 316 g/mol. The van der Waals surface area contributed by atoms with Crippen LogP contribution in [0.25, 0.3) is 0 Å². The first kappa shape index (κ1) is 18.8. The number of rotatable bonds is 7. The second-order valence-electron chi connectivity index (χ2n) is 6.09. The lowest BCUT2D eigenvalue weighted by atomic mass is 10.0. The summed E-state index contributed by atoms with van der Waals surface area (Å²) in [7, 11) is 1.14. The third-order valence-electron chi connectivity index (χ3n) is 3.78. The highest BCUT2D eigenvalue weighted by Crippen LogP contribution is 2.28. The first-order valence-corrected chi connectivity index (χ1v) is 7.75. The van der Waals surface area contributed by atoms with Gasteiger partial charge in [0.15, 0.2) is 11.9 Å². The van der Waals surface area contributed by atoms with Crippen LogP contribution >= 0.6 is 0 Å². The summed E-state index contributed by atoms with van der Waals surface area (Å²) in [4.78, 5) is 11.5. The number of aliphatic hydroxyl groups excluding tert-OH is 2. The zero-order valence-electron chi connectivity index (χ0n) is 14.0. The quantitative estimate of drug-likeness (QED) is 0.703. The third-order valence-corrected chi connectivity index (χ3v) is 3.78. The molecule has 0 aliphatic carbocycles. The lowest BCUT2D eigenvalue weighted by molar-refractivity contribution is -0.189. The Kier molecular flexibility index (Phi) is 6.31. The van der Waals surface area contributed by atoms with Crippen molar-refractivity contribution in [1.29, 1.82) is 0 Å². The van der Waals surface area contributed by atoms with Gasteiger partial charge in [-0.3, -0.25) is 0 Å². The van der Waals surface area contributed by atoms with E-state index in [9.17, 15) is 15.0 Å². The monoisotopic (exact) mass is 340 g/mol. The van der Waals surface area contributed by atoms with Gasteiger partial charge in [-0.25, -0.2) is 4.79 Å². The highest BCUT2D eigenvalue weighted by Gasteiger charge is 2.44. The number of esters is 1. The van der Waals surface area contributed by atoms with Crippen molar-refractivity contribution in [2.75, 3.05) is 13.7 Å². The Bertz CT molecular complexity index is 531. The van der Waals surface area contributed by atoms with E-state index in [1.165, 1.54) is 0 Å². The summed E-state index contributed by atoms with van der Waals surface area (Å²) in [6.45, 7) is 3.85. The zero-order chi connectivity index (χ0) is 17.7. The molecule has 2 N–H and O–H groups in total. The van der Waals surface area contributed by atoms with Gasteiger partial charge < -0.3 is 29.2 Å². The molecule has 1 saturated heterocycles. The van der Waals surface area contributed by atoms with E-state index in [-0.39, 0.29) is 13.2 Å². The van der Waals surface area contributed by atoms with Crippen molar-refractivity contribution < 1.29 is 34.0 Å². The Morgan fingerprint density at radius 2 is 2.00 bits per heavy atom. The molecule has 7 nitrogen and oxygen atoms in total. The number of hydrogen-bond acceptors (Lipinski definition) is 7. The van der Waals surface area contributed by atoms with Crippen LogP contribution in [-0.4, -0.2) is 60.1 Å². The van der Waals surface area contributed by atoms with Crippen molar-refractivity contribution in [1.82, 2.24) is 0 Å². The molecule has 24 heavy (non-hydrogen) atoms. The first-order chi connectivity index (χ1) is 11.3. The van der Waals surface area contributed by atoms with E-state index in [4.69, 9.17) is 14.2 Å². The van der Waals surface area contributed by atoms with E-state index in [0.29, 0.717) is 0 Å². The number of aliphatic hydroxyl groups is 2. The predicted molar refractivity (Wildman–Crippen MR) is 84.0 cm³/mol. The molecule has 1 aromatic carbocycles. The molecule has 1 aromatic rings. The zero-order valence-corrected chi connectivity index (χ0v) is 14.0. The number of hydrogen-bond donors (Lipinski definition) is 2. The lowest BCUT2D eigenvalue weighted by Crippen LogP contribution is -2.50. The Morgan fingerprint density at radius 3 is 2.54 bits per heavy atom. The number of benzene rings is 1. The number of methoxy groups -OCH3 is 1. The maximum atomic E-state index is 11.5. The molecule has 0 aromatic heterocycles. The van der Waals surface area contributed by atoms with Gasteiger partial charge in [-0.05, 0) is 19.4 Å². The van der Waals surface area contributed by atoms with Gasteiger partial charge in [0.1, 0.15) is 18.3 Å². The third kappa shape index (κ3) is 4.75. The van der Waals surface area contributed by atoms with E-state index in [0.717, 1.165) is 12.7 Å². The normalized spacial score (nSPS) is 23.5. The van der Waals surface area contributed by atoms with Gasteiger partial charge in [0.2, 0.25) is 0 Å². The Balaban J connectivity index is 2.10. The molecule has 4 atom stereocenters. The van der Waals surface area contributed by atoms with Crippen LogP contribution < -0.4 is 0 Å². The summed E-state index contributed by atoms with van der Waals surface area (Å²) in [5.74, 6) is -1.76. The summed E-state index contributed by atoms with van der Waals surface area (Å²) in [6.07, 6.45) is -4.83. The molecule has 134 valence electrons. The minimum Gasteiger partial charge on any atom is -0.467 e. The van der Waals surface area contributed by atoms with Gasteiger partial charge in [0.05, 0.1) is 20.3 Å². The van der Waals surface area contributed by atoms with E-state index >= 15 is 0 Å². The fourth-order valence-corrected chi connectivity index (χ4v) is 2.51.